The van der Waals surface area contributed by atoms with Crippen LogP contribution in [0.3, 0.4) is 0 Å². The molecule has 2 aromatic heterocycles. The molecule has 2 N–H and O–H groups in total. The number of carbonyl (C=O) groups excluding carboxylic acids is 1. The van der Waals surface area contributed by atoms with Crippen molar-refractivity contribution in [3.63, 3.8) is 0 Å². The lowest BCUT2D eigenvalue weighted by Crippen LogP contribution is -2.25. The molecule has 0 saturated heterocycles. The molecule has 0 aliphatic carbocycles. The largest absolute Gasteiger partial charge is 0.436 e. The fourth-order valence-electron chi connectivity index (χ4n) is 2.65. The van der Waals surface area contributed by atoms with Crippen molar-refractivity contribution in [1.82, 2.24) is 20.5 Å². The Morgan fingerprint density at radius 2 is 2.15 bits per heavy atom. The van der Waals surface area contributed by atoms with Gasteiger partial charge in [-0.1, -0.05) is 6.07 Å². The molecule has 0 unspecified atom stereocenters. The molecular weight excluding hydrogens is 335 g/mol. The highest BCUT2D eigenvalue weighted by molar-refractivity contribution is 5.97. The summed E-state index contributed by atoms with van der Waals surface area (Å²) < 4.78 is 19.0. The highest BCUT2D eigenvalue weighted by Crippen LogP contribution is 2.25. The van der Waals surface area contributed by atoms with Gasteiger partial charge in [-0.25, -0.2) is 9.37 Å². The number of nitrogens with one attached hydrogen (secondary N) is 2. The van der Waals surface area contributed by atoms with Gasteiger partial charge in [0.05, 0.1) is 6.20 Å². The van der Waals surface area contributed by atoms with Gasteiger partial charge in [0.1, 0.15) is 11.3 Å². The van der Waals surface area contributed by atoms with Crippen LogP contribution in [-0.2, 0) is 6.42 Å². The Morgan fingerprint density at radius 1 is 1.23 bits per heavy atom. The lowest BCUT2D eigenvalue weighted by atomic mass is 10.2. The third kappa shape index (κ3) is 3.32. The minimum absolute atomic E-state index is 0.189. The van der Waals surface area contributed by atoms with Gasteiger partial charge in [-0.05, 0) is 48.4 Å². The Hall–Kier alpha value is -3.48. The van der Waals surface area contributed by atoms with Crippen molar-refractivity contribution >= 4 is 17.0 Å². The second kappa shape index (κ2) is 6.79. The van der Waals surface area contributed by atoms with E-state index in [9.17, 15) is 9.18 Å². The van der Waals surface area contributed by atoms with Crippen LogP contribution in [0.4, 0.5) is 4.39 Å². The summed E-state index contributed by atoms with van der Waals surface area (Å²) in [7, 11) is 0. The van der Waals surface area contributed by atoms with Crippen LogP contribution < -0.4 is 5.32 Å². The van der Waals surface area contributed by atoms with E-state index in [-0.39, 0.29) is 11.7 Å². The van der Waals surface area contributed by atoms with Crippen molar-refractivity contribution in [2.75, 3.05) is 6.54 Å². The van der Waals surface area contributed by atoms with E-state index in [2.05, 4.69) is 20.5 Å². The van der Waals surface area contributed by atoms with Crippen molar-refractivity contribution < 1.29 is 13.6 Å². The van der Waals surface area contributed by atoms with Crippen LogP contribution in [-0.4, -0.2) is 27.6 Å². The Balaban J connectivity index is 1.50. The van der Waals surface area contributed by atoms with Crippen LogP contribution in [0.5, 0.6) is 0 Å². The number of nitrogens with zero attached hydrogens (tertiary/aromatic N) is 2. The molecule has 0 fully saturated rings. The van der Waals surface area contributed by atoms with Crippen LogP contribution >= 0.6 is 0 Å². The molecule has 4 aromatic rings. The average Bonchev–Trinajstić information content (AvgIpc) is 3.30. The predicted octanol–water partition coefficient (Wildman–Crippen LogP) is 3.33. The lowest BCUT2D eigenvalue weighted by Gasteiger charge is -2.03. The maximum Gasteiger partial charge on any atom is 0.251 e. The smallest absolute Gasteiger partial charge is 0.251 e. The topological polar surface area (TPSA) is 83.8 Å². The molecule has 26 heavy (non-hydrogen) atoms. The van der Waals surface area contributed by atoms with Crippen molar-refractivity contribution in [2.45, 2.75) is 6.42 Å². The molecule has 2 heterocycles. The van der Waals surface area contributed by atoms with E-state index in [1.54, 1.807) is 42.7 Å². The molecule has 2 aromatic carbocycles. The van der Waals surface area contributed by atoms with Gasteiger partial charge in [0, 0.05) is 23.9 Å². The number of aromatic amines is 1. The van der Waals surface area contributed by atoms with Gasteiger partial charge >= 0.3 is 0 Å². The van der Waals surface area contributed by atoms with E-state index in [1.807, 2.05) is 0 Å². The Labute approximate surface area is 148 Å². The summed E-state index contributed by atoms with van der Waals surface area (Å²) in [6.07, 6.45) is 4.21. The van der Waals surface area contributed by atoms with E-state index in [0.29, 0.717) is 41.1 Å². The Bertz CT molecular complexity index is 1060. The number of amides is 1. The molecule has 7 heteroatoms. The number of benzene rings is 2. The summed E-state index contributed by atoms with van der Waals surface area (Å²) in [5.74, 6) is -0.231. The summed E-state index contributed by atoms with van der Waals surface area (Å²) in [5.41, 5.74) is 3.15. The van der Waals surface area contributed by atoms with Gasteiger partial charge in [-0.15, -0.1) is 0 Å². The first-order chi connectivity index (χ1) is 12.7. The lowest BCUT2D eigenvalue weighted by molar-refractivity contribution is 0.0954. The van der Waals surface area contributed by atoms with Gasteiger partial charge in [0.2, 0.25) is 5.89 Å². The van der Waals surface area contributed by atoms with E-state index in [4.69, 9.17) is 4.42 Å². The average molecular weight is 350 g/mol. The van der Waals surface area contributed by atoms with E-state index in [1.165, 1.54) is 12.1 Å². The Morgan fingerprint density at radius 3 is 2.96 bits per heavy atom. The number of aromatic nitrogens is 3. The third-order valence-electron chi connectivity index (χ3n) is 3.98. The Kier molecular flexibility index (Phi) is 4.18. The fourth-order valence-corrected chi connectivity index (χ4v) is 2.65. The predicted molar refractivity (Wildman–Crippen MR) is 94.0 cm³/mol. The maximum atomic E-state index is 13.4. The van der Waals surface area contributed by atoms with Crippen molar-refractivity contribution in [3.05, 3.63) is 71.8 Å². The van der Waals surface area contributed by atoms with Crippen LogP contribution in [0.1, 0.15) is 15.9 Å². The van der Waals surface area contributed by atoms with Gasteiger partial charge in [-0.2, -0.15) is 5.10 Å². The molecule has 0 saturated carbocycles. The van der Waals surface area contributed by atoms with Gasteiger partial charge in [0.25, 0.3) is 5.91 Å². The molecular formula is C19H15FN4O2. The normalized spacial score (nSPS) is 11.0. The number of hydrogen-bond acceptors (Lipinski definition) is 4. The zero-order valence-corrected chi connectivity index (χ0v) is 13.7. The molecule has 1 amide bonds. The van der Waals surface area contributed by atoms with E-state index >= 15 is 0 Å². The van der Waals surface area contributed by atoms with Gasteiger partial charge < -0.3 is 9.73 Å². The number of carbonyl (C=O) groups is 1. The number of halogens is 1. The summed E-state index contributed by atoms with van der Waals surface area (Å²) >= 11 is 0. The molecule has 0 aliphatic heterocycles. The second-order valence-electron chi connectivity index (χ2n) is 5.82. The van der Waals surface area contributed by atoms with Crippen molar-refractivity contribution in [3.8, 4) is 11.5 Å². The van der Waals surface area contributed by atoms with Crippen LogP contribution in [0, 0.1) is 5.82 Å². The highest BCUT2D eigenvalue weighted by atomic mass is 19.1. The minimum atomic E-state index is -0.359. The second-order valence-corrected chi connectivity index (χ2v) is 5.82. The standard InChI is InChI=1S/C19H15FN4O2/c20-15-3-1-2-14(8-15)19-24-16-9-13(4-5-17(16)26-19)18(25)21-7-6-12-10-22-23-11-12/h1-5,8-11H,6-7H2,(H,21,25)(H,22,23). The highest BCUT2D eigenvalue weighted by Gasteiger charge is 2.12. The summed E-state index contributed by atoms with van der Waals surface area (Å²) in [6, 6.07) is 11.1. The minimum Gasteiger partial charge on any atom is -0.436 e. The molecule has 0 atom stereocenters. The summed E-state index contributed by atoms with van der Waals surface area (Å²) in [5, 5.41) is 9.46. The van der Waals surface area contributed by atoms with E-state index < -0.39 is 0 Å². The van der Waals surface area contributed by atoms with E-state index in [0.717, 1.165) is 5.56 Å². The quantitative estimate of drug-likeness (QED) is 0.578. The van der Waals surface area contributed by atoms with Gasteiger partial charge in [0.15, 0.2) is 5.58 Å². The first-order valence-corrected chi connectivity index (χ1v) is 8.11. The van der Waals surface area contributed by atoms with Crippen LogP contribution in [0.15, 0.2) is 59.3 Å². The number of rotatable bonds is 5. The van der Waals surface area contributed by atoms with Crippen molar-refractivity contribution in [2.24, 2.45) is 0 Å². The molecule has 0 bridgehead atoms. The van der Waals surface area contributed by atoms with Crippen LogP contribution in [0.25, 0.3) is 22.6 Å². The fraction of sp³-hybridized carbons (Fsp3) is 0.105. The third-order valence-corrected chi connectivity index (χ3v) is 3.98. The monoisotopic (exact) mass is 350 g/mol. The summed E-state index contributed by atoms with van der Waals surface area (Å²) in [6.45, 7) is 0.504. The SMILES string of the molecule is O=C(NCCc1cn[nH]c1)c1ccc2oc(-c3cccc(F)c3)nc2c1. The first-order valence-electron chi connectivity index (χ1n) is 8.11. The molecule has 0 radical (unpaired) electrons. The molecule has 4 rings (SSSR count). The molecule has 6 nitrogen and oxygen atoms in total. The van der Waals surface area contributed by atoms with Crippen molar-refractivity contribution in [1.29, 1.82) is 0 Å². The first kappa shape index (κ1) is 16.0. The molecule has 0 aliphatic rings. The zero-order valence-electron chi connectivity index (χ0n) is 13.7. The number of fused-ring (bicyclic) bond motifs is 1. The number of oxazole rings is 1. The van der Waals surface area contributed by atoms with Gasteiger partial charge in [-0.3, -0.25) is 9.89 Å². The maximum absolute atomic E-state index is 13.4. The van der Waals surface area contributed by atoms with Crippen LogP contribution in [0.2, 0.25) is 0 Å². The number of hydrogen-bond donors (Lipinski definition) is 2. The summed E-state index contributed by atoms with van der Waals surface area (Å²) in [4.78, 5) is 16.7. The zero-order chi connectivity index (χ0) is 17.9. The molecule has 130 valence electrons. The molecule has 0 spiro atoms. The number of H-pyrrole nitrogens is 1.